The summed E-state index contributed by atoms with van der Waals surface area (Å²) in [5, 5.41) is 4.43. The Bertz CT molecular complexity index is 1200. The molecule has 3 aromatic rings. The molecule has 3 aromatic carbocycles. The minimum atomic E-state index is -0.669. The summed E-state index contributed by atoms with van der Waals surface area (Å²) in [7, 11) is 0. The van der Waals surface area contributed by atoms with E-state index >= 15 is 0 Å². The first-order valence-electron chi connectivity index (χ1n) is 10.00. The molecule has 0 heterocycles. The Morgan fingerprint density at radius 1 is 1.00 bits per heavy atom. The smallest absolute Gasteiger partial charge is 0.345 e. The van der Waals surface area contributed by atoms with Crippen molar-refractivity contribution in [1.82, 2.24) is 5.43 Å². The van der Waals surface area contributed by atoms with Gasteiger partial charge in [0.15, 0.2) is 18.1 Å². The molecule has 0 aliphatic rings. The molecule has 0 saturated heterocycles. The van der Waals surface area contributed by atoms with E-state index in [0.717, 1.165) is 0 Å². The summed E-state index contributed by atoms with van der Waals surface area (Å²) in [6, 6.07) is 14.5. The molecular formula is C24H19Cl2FN2O5. The van der Waals surface area contributed by atoms with Crippen molar-refractivity contribution >= 4 is 41.3 Å². The van der Waals surface area contributed by atoms with Crippen LogP contribution in [-0.2, 0) is 4.79 Å². The summed E-state index contributed by atoms with van der Waals surface area (Å²) < 4.78 is 29.1. The van der Waals surface area contributed by atoms with Gasteiger partial charge in [-0.15, -0.1) is 0 Å². The van der Waals surface area contributed by atoms with Crippen molar-refractivity contribution in [2.45, 2.75) is 6.92 Å². The number of esters is 1. The number of halogens is 3. The molecule has 0 fully saturated rings. The molecule has 0 saturated carbocycles. The van der Waals surface area contributed by atoms with Gasteiger partial charge in [-0.05, 0) is 73.2 Å². The first-order valence-corrected chi connectivity index (χ1v) is 10.8. The maximum atomic E-state index is 12.9. The number of rotatable bonds is 9. The lowest BCUT2D eigenvalue weighted by Crippen LogP contribution is -2.24. The summed E-state index contributed by atoms with van der Waals surface area (Å²) in [6.45, 7) is 1.81. The highest BCUT2D eigenvalue weighted by Gasteiger charge is 2.16. The van der Waals surface area contributed by atoms with Gasteiger partial charge in [0, 0.05) is 5.02 Å². The van der Waals surface area contributed by atoms with Gasteiger partial charge >= 0.3 is 5.97 Å². The topological polar surface area (TPSA) is 86.2 Å². The third-order valence-electron chi connectivity index (χ3n) is 4.21. The Kier molecular flexibility index (Phi) is 8.84. The normalized spacial score (nSPS) is 10.7. The number of ether oxygens (including phenoxy) is 3. The number of hydrogen-bond acceptors (Lipinski definition) is 6. The minimum Gasteiger partial charge on any atom is -0.490 e. The van der Waals surface area contributed by atoms with Crippen LogP contribution in [0.15, 0.2) is 65.8 Å². The number of carbonyl (C=O) groups is 2. The van der Waals surface area contributed by atoms with E-state index in [2.05, 4.69) is 10.5 Å². The van der Waals surface area contributed by atoms with Crippen LogP contribution >= 0.6 is 23.2 Å². The molecule has 0 aliphatic heterocycles. The van der Waals surface area contributed by atoms with Crippen molar-refractivity contribution in [1.29, 1.82) is 0 Å². The Morgan fingerprint density at radius 2 is 1.76 bits per heavy atom. The Labute approximate surface area is 205 Å². The Hall–Kier alpha value is -3.62. The molecule has 3 rings (SSSR count). The van der Waals surface area contributed by atoms with E-state index in [1.54, 1.807) is 19.1 Å². The van der Waals surface area contributed by atoms with Gasteiger partial charge in [-0.1, -0.05) is 23.2 Å². The van der Waals surface area contributed by atoms with Crippen molar-refractivity contribution in [3.8, 4) is 17.2 Å². The van der Waals surface area contributed by atoms with Crippen molar-refractivity contribution in [3.63, 3.8) is 0 Å². The van der Waals surface area contributed by atoms with Crippen LogP contribution in [0.1, 0.15) is 22.8 Å². The van der Waals surface area contributed by atoms with E-state index in [1.165, 1.54) is 54.7 Å². The lowest BCUT2D eigenvalue weighted by atomic mass is 10.2. The summed E-state index contributed by atoms with van der Waals surface area (Å²) >= 11 is 11.9. The highest BCUT2D eigenvalue weighted by molar-refractivity contribution is 6.36. The predicted octanol–water partition coefficient (Wildman–Crippen LogP) is 5.28. The number of hydrogen-bond donors (Lipinski definition) is 1. The van der Waals surface area contributed by atoms with Crippen molar-refractivity contribution in [3.05, 3.63) is 87.7 Å². The maximum absolute atomic E-state index is 12.9. The average Bonchev–Trinajstić information content (AvgIpc) is 2.80. The van der Waals surface area contributed by atoms with Gasteiger partial charge in [-0.2, -0.15) is 5.10 Å². The zero-order valence-electron chi connectivity index (χ0n) is 17.9. The average molecular weight is 505 g/mol. The van der Waals surface area contributed by atoms with Crippen LogP contribution in [0.2, 0.25) is 10.0 Å². The van der Waals surface area contributed by atoms with E-state index in [9.17, 15) is 14.0 Å². The van der Waals surface area contributed by atoms with Gasteiger partial charge in [-0.25, -0.2) is 14.6 Å². The largest absolute Gasteiger partial charge is 0.490 e. The van der Waals surface area contributed by atoms with Crippen LogP contribution in [0, 0.1) is 5.82 Å². The first kappa shape index (κ1) is 25.0. The molecule has 0 atom stereocenters. The number of carbonyl (C=O) groups excluding carboxylic acids is 2. The van der Waals surface area contributed by atoms with Crippen LogP contribution in [0.4, 0.5) is 4.39 Å². The minimum absolute atomic E-state index is 0.157. The van der Waals surface area contributed by atoms with Crippen molar-refractivity contribution < 1.29 is 28.2 Å². The monoisotopic (exact) mass is 504 g/mol. The molecule has 0 unspecified atom stereocenters. The number of nitrogens with one attached hydrogen (secondary N) is 1. The molecule has 34 heavy (non-hydrogen) atoms. The van der Waals surface area contributed by atoms with Crippen LogP contribution in [0.3, 0.4) is 0 Å². The number of hydrazone groups is 1. The molecule has 0 spiro atoms. The van der Waals surface area contributed by atoms with Crippen LogP contribution in [0.25, 0.3) is 0 Å². The van der Waals surface area contributed by atoms with Crippen molar-refractivity contribution in [2.24, 2.45) is 5.10 Å². The predicted molar refractivity (Wildman–Crippen MR) is 127 cm³/mol. The highest BCUT2D eigenvalue weighted by atomic mass is 35.5. The van der Waals surface area contributed by atoms with E-state index in [0.29, 0.717) is 28.7 Å². The third-order valence-corrected chi connectivity index (χ3v) is 4.76. The number of benzene rings is 3. The first-order chi connectivity index (χ1) is 16.4. The molecule has 0 radical (unpaired) electrons. The second kappa shape index (κ2) is 12.0. The Morgan fingerprint density at radius 3 is 2.47 bits per heavy atom. The molecule has 0 aromatic heterocycles. The summed E-state index contributed by atoms with van der Waals surface area (Å²) in [5.41, 5.74) is 3.06. The molecule has 1 amide bonds. The quantitative estimate of drug-likeness (QED) is 0.185. The van der Waals surface area contributed by atoms with E-state index in [-0.39, 0.29) is 22.9 Å². The second-order valence-electron chi connectivity index (χ2n) is 6.69. The summed E-state index contributed by atoms with van der Waals surface area (Å²) in [4.78, 5) is 24.4. The standard InChI is InChI=1S/C24H19Cl2FN2O5/c1-2-32-22-11-15(13-28-29-23(30)14-33-18-7-5-17(27)6-8-18)3-10-21(22)34-24(31)19-9-4-16(25)12-20(19)26/h3-13H,2,14H2,1H3,(H,29,30)/b28-13-. The van der Waals surface area contributed by atoms with Gasteiger partial charge in [-0.3, -0.25) is 4.79 Å². The lowest BCUT2D eigenvalue weighted by molar-refractivity contribution is -0.123. The van der Waals surface area contributed by atoms with Gasteiger partial charge in [0.25, 0.3) is 5.91 Å². The van der Waals surface area contributed by atoms with Gasteiger partial charge in [0.1, 0.15) is 11.6 Å². The Balaban J connectivity index is 1.61. The molecule has 7 nitrogen and oxygen atoms in total. The van der Waals surface area contributed by atoms with Crippen LogP contribution < -0.4 is 19.6 Å². The number of nitrogens with zero attached hydrogens (tertiary/aromatic N) is 1. The zero-order chi connectivity index (χ0) is 24.5. The SMILES string of the molecule is CCOc1cc(/C=N\NC(=O)COc2ccc(F)cc2)ccc1OC(=O)c1ccc(Cl)cc1Cl. The summed E-state index contributed by atoms with van der Waals surface area (Å²) in [6.07, 6.45) is 1.39. The van der Waals surface area contributed by atoms with E-state index in [1.807, 2.05) is 0 Å². The molecule has 10 heteroatoms. The van der Waals surface area contributed by atoms with Gasteiger partial charge < -0.3 is 14.2 Å². The zero-order valence-corrected chi connectivity index (χ0v) is 19.4. The van der Waals surface area contributed by atoms with Crippen LogP contribution in [-0.4, -0.2) is 31.3 Å². The van der Waals surface area contributed by atoms with Gasteiger partial charge in [0.2, 0.25) is 0 Å². The van der Waals surface area contributed by atoms with E-state index < -0.39 is 17.7 Å². The fraction of sp³-hybridized carbons (Fsp3) is 0.125. The summed E-state index contributed by atoms with van der Waals surface area (Å²) in [5.74, 6) is -0.731. The fourth-order valence-electron chi connectivity index (χ4n) is 2.66. The van der Waals surface area contributed by atoms with Crippen LogP contribution in [0.5, 0.6) is 17.2 Å². The maximum Gasteiger partial charge on any atom is 0.345 e. The highest BCUT2D eigenvalue weighted by Crippen LogP contribution is 2.30. The van der Waals surface area contributed by atoms with E-state index in [4.69, 9.17) is 37.4 Å². The van der Waals surface area contributed by atoms with Gasteiger partial charge in [0.05, 0.1) is 23.4 Å². The molecular weight excluding hydrogens is 486 g/mol. The molecule has 0 aliphatic carbocycles. The molecule has 0 bridgehead atoms. The third kappa shape index (κ3) is 7.19. The molecule has 176 valence electrons. The molecule has 1 N–H and O–H groups in total. The second-order valence-corrected chi connectivity index (χ2v) is 7.53. The fourth-order valence-corrected chi connectivity index (χ4v) is 3.14. The number of amides is 1. The van der Waals surface area contributed by atoms with Crippen molar-refractivity contribution in [2.75, 3.05) is 13.2 Å². The lowest BCUT2D eigenvalue weighted by Gasteiger charge is -2.12.